The lowest BCUT2D eigenvalue weighted by atomic mass is 10.0. The molecule has 0 unspecified atom stereocenters. The minimum absolute atomic E-state index is 0.150. The molecule has 1 saturated heterocycles. The number of carbonyl (C=O) groups excluding carboxylic acids is 1. The molecule has 3 rings (SSSR count). The molecule has 3 heterocycles. The molecule has 8 nitrogen and oxygen atoms in total. The fraction of sp³-hybridized carbons (Fsp3) is 0.364. The fourth-order valence-corrected chi connectivity index (χ4v) is 2.00. The zero-order valence-electron chi connectivity index (χ0n) is 10.1. The van der Waals surface area contributed by atoms with Gasteiger partial charge in [-0.15, -0.1) is 0 Å². The number of aromatic nitrogens is 4. The van der Waals surface area contributed by atoms with E-state index < -0.39 is 0 Å². The monoisotopic (exact) mass is 260 g/mol. The van der Waals surface area contributed by atoms with Gasteiger partial charge in [0.25, 0.3) is 0 Å². The van der Waals surface area contributed by atoms with E-state index in [0.717, 1.165) is 0 Å². The summed E-state index contributed by atoms with van der Waals surface area (Å²) in [6, 6.07) is 0. The Balaban J connectivity index is 1.66. The quantitative estimate of drug-likeness (QED) is 0.782. The number of likely N-dealkylation sites (tertiary alicyclic amines) is 1. The van der Waals surface area contributed by atoms with E-state index in [1.807, 2.05) is 4.90 Å². The van der Waals surface area contributed by atoms with Crippen LogP contribution in [0.5, 0.6) is 0 Å². The van der Waals surface area contributed by atoms with Gasteiger partial charge in [0.2, 0.25) is 17.6 Å². The van der Waals surface area contributed by atoms with Gasteiger partial charge in [-0.25, -0.2) is 4.98 Å². The second-order valence-corrected chi connectivity index (χ2v) is 4.40. The Morgan fingerprint density at radius 1 is 1.47 bits per heavy atom. The number of primary amides is 1. The molecule has 0 bridgehead atoms. The van der Waals surface area contributed by atoms with Crippen LogP contribution in [0.25, 0.3) is 11.5 Å². The van der Waals surface area contributed by atoms with Crippen molar-refractivity contribution >= 4 is 5.91 Å². The largest absolute Gasteiger partial charge is 0.369 e. The predicted molar refractivity (Wildman–Crippen MR) is 63.7 cm³/mol. The molecule has 1 aliphatic heterocycles. The van der Waals surface area contributed by atoms with E-state index in [2.05, 4.69) is 20.1 Å². The van der Waals surface area contributed by atoms with Crippen LogP contribution in [0.2, 0.25) is 0 Å². The lowest BCUT2D eigenvalue weighted by molar-refractivity contribution is -0.120. The lowest BCUT2D eigenvalue weighted by Gasteiger charge is -2.35. The standard InChI is InChI=1S/C11H12N6O2/c12-9(18)6-17-4-7(5-17)11-15-10(16-19-11)8-3-13-1-2-14-8/h1-3,7H,4-6H2,(H2,12,18). The van der Waals surface area contributed by atoms with Crippen molar-refractivity contribution in [2.75, 3.05) is 19.6 Å². The van der Waals surface area contributed by atoms with Crippen molar-refractivity contribution in [1.82, 2.24) is 25.0 Å². The Bertz CT molecular complexity index is 578. The molecule has 0 spiro atoms. The molecular weight excluding hydrogens is 248 g/mol. The van der Waals surface area contributed by atoms with Gasteiger partial charge in [-0.1, -0.05) is 5.16 Å². The third kappa shape index (κ3) is 2.43. The molecule has 0 radical (unpaired) electrons. The van der Waals surface area contributed by atoms with Crippen molar-refractivity contribution in [2.45, 2.75) is 5.92 Å². The third-order valence-electron chi connectivity index (χ3n) is 2.92. The molecule has 0 aromatic carbocycles. The Morgan fingerprint density at radius 2 is 2.32 bits per heavy atom. The van der Waals surface area contributed by atoms with Crippen LogP contribution in [0.1, 0.15) is 11.8 Å². The van der Waals surface area contributed by atoms with Gasteiger partial charge in [-0.3, -0.25) is 14.7 Å². The second kappa shape index (κ2) is 4.73. The maximum Gasteiger partial charge on any atom is 0.232 e. The number of hydrogen-bond donors (Lipinski definition) is 1. The summed E-state index contributed by atoms with van der Waals surface area (Å²) in [4.78, 5) is 25.0. The highest BCUT2D eigenvalue weighted by atomic mass is 16.5. The Morgan fingerprint density at radius 3 is 3.00 bits per heavy atom. The van der Waals surface area contributed by atoms with Crippen molar-refractivity contribution in [1.29, 1.82) is 0 Å². The molecule has 2 aromatic rings. The Labute approximate surface area is 108 Å². The summed E-state index contributed by atoms with van der Waals surface area (Å²) in [5.74, 6) is 0.805. The van der Waals surface area contributed by atoms with Crippen molar-refractivity contribution < 1.29 is 9.32 Å². The van der Waals surface area contributed by atoms with Gasteiger partial charge >= 0.3 is 0 Å². The normalized spacial score (nSPS) is 16.2. The average molecular weight is 260 g/mol. The third-order valence-corrected chi connectivity index (χ3v) is 2.92. The van der Waals surface area contributed by atoms with E-state index in [1.165, 1.54) is 0 Å². The van der Waals surface area contributed by atoms with E-state index in [0.29, 0.717) is 30.5 Å². The van der Waals surface area contributed by atoms with Crippen molar-refractivity contribution in [2.24, 2.45) is 5.73 Å². The van der Waals surface area contributed by atoms with E-state index >= 15 is 0 Å². The van der Waals surface area contributed by atoms with Gasteiger partial charge in [0, 0.05) is 25.5 Å². The van der Waals surface area contributed by atoms with E-state index in [-0.39, 0.29) is 18.4 Å². The summed E-state index contributed by atoms with van der Waals surface area (Å²) in [7, 11) is 0. The first kappa shape index (κ1) is 11.7. The van der Waals surface area contributed by atoms with Crippen molar-refractivity contribution in [3.63, 3.8) is 0 Å². The summed E-state index contributed by atoms with van der Waals surface area (Å²) >= 11 is 0. The number of rotatable bonds is 4. The fourth-order valence-electron chi connectivity index (χ4n) is 2.00. The first-order valence-electron chi connectivity index (χ1n) is 5.83. The highest BCUT2D eigenvalue weighted by Gasteiger charge is 2.33. The number of carbonyl (C=O) groups is 1. The summed E-state index contributed by atoms with van der Waals surface area (Å²) in [6.45, 7) is 1.66. The first-order chi connectivity index (χ1) is 9.22. The van der Waals surface area contributed by atoms with Gasteiger partial charge in [0.15, 0.2) is 0 Å². The molecule has 0 atom stereocenters. The summed E-state index contributed by atoms with van der Waals surface area (Å²) in [6.07, 6.45) is 4.73. The van der Waals surface area contributed by atoms with Gasteiger partial charge in [0.1, 0.15) is 5.69 Å². The number of amides is 1. The minimum Gasteiger partial charge on any atom is -0.369 e. The molecule has 98 valence electrons. The van der Waals surface area contributed by atoms with Crippen LogP contribution in [0.15, 0.2) is 23.1 Å². The molecular formula is C11H12N6O2. The number of nitrogens with zero attached hydrogens (tertiary/aromatic N) is 5. The zero-order chi connectivity index (χ0) is 13.2. The summed E-state index contributed by atoms with van der Waals surface area (Å²) < 4.78 is 5.20. The molecule has 8 heteroatoms. The molecule has 1 amide bonds. The van der Waals surface area contributed by atoms with Crippen molar-refractivity contribution in [3.8, 4) is 11.5 Å². The number of hydrogen-bond acceptors (Lipinski definition) is 7. The highest BCUT2D eigenvalue weighted by molar-refractivity contribution is 5.76. The molecule has 2 aromatic heterocycles. The maximum absolute atomic E-state index is 10.7. The summed E-state index contributed by atoms with van der Waals surface area (Å²) in [5, 5.41) is 3.88. The van der Waals surface area contributed by atoms with Crippen LogP contribution in [0.3, 0.4) is 0 Å². The lowest BCUT2D eigenvalue weighted by Crippen LogP contribution is -2.48. The topological polar surface area (TPSA) is 111 Å². The van der Waals surface area contributed by atoms with Crippen LogP contribution < -0.4 is 5.73 Å². The van der Waals surface area contributed by atoms with Gasteiger partial charge < -0.3 is 10.3 Å². The second-order valence-electron chi connectivity index (χ2n) is 4.40. The predicted octanol–water partition coefficient (Wildman–Crippen LogP) is -0.589. The van der Waals surface area contributed by atoms with Gasteiger partial charge in [-0.05, 0) is 0 Å². The van der Waals surface area contributed by atoms with Gasteiger partial charge in [0.05, 0.1) is 18.7 Å². The Kier molecular flexibility index (Phi) is 2.92. The van der Waals surface area contributed by atoms with Gasteiger partial charge in [-0.2, -0.15) is 4.98 Å². The molecule has 0 saturated carbocycles. The van der Waals surface area contributed by atoms with E-state index in [1.54, 1.807) is 18.6 Å². The van der Waals surface area contributed by atoms with Crippen LogP contribution in [0.4, 0.5) is 0 Å². The SMILES string of the molecule is NC(=O)CN1CC(c2nc(-c3cnccn3)no2)C1. The molecule has 19 heavy (non-hydrogen) atoms. The van der Waals surface area contributed by atoms with E-state index in [9.17, 15) is 4.79 Å². The number of nitrogens with two attached hydrogens (primary N) is 1. The first-order valence-corrected chi connectivity index (χ1v) is 5.83. The smallest absolute Gasteiger partial charge is 0.232 e. The summed E-state index contributed by atoms with van der Waals surface area (Å²) in [5.41, 5.74) is 5.69. The molecule has 0 aliphatic carbocycles. The molecule has 1 aliphatic rings. The minimum atomic E-state index is -0.329. The van der Waals surface area contributed by atoms with E-state index in [4.69, 9.17) is 10.3 Å². The Hall–Kier alpha value is -2.35. The van der Waals surface area contributed by atoms with Crippen LogP contribution in [0, 0.1) is 0 Å². The molecule has 2 N–H and O–H groups in total. The van der Waals surface area contributed by atoms with Crippen LogP contribution in [-0.2, 0) is 4.79 Å². The zero-order valence-corrected chi connectivity index (χ0v) is 10.1. The molecule has 1 fully saturated rings. The van der Waals surface area contributed by atoms with Crippen molar-refractivity contribution in [3.05, 3.63) is 24.5 Å². The van der Waals surface area contributed by atoms with Crippen LogP contribution >= 0.6 is 0 Å². The maximum atomic E-state index is 10.7. The average Bonchev–Trinajstić information content (AvgIpc) is 2.83. The highest BCUT2D eigenvalue weighted by Crippen LogP contribution is 2.26. The van der Waals surface area contributed by atoms with Crippen LogP contribution in [-0.4, -0.2) is 50.5 Å².